The number of ether oxygens (including phenoxy) is 1. The molecule has 72 valence electrons. The fourth-order valence-corrected chi connectivity index (χ4v) is 0.189. The summed E-state index contributed by atoms with van der Waals surface area (Å²) >= 11 is 0. The second-order valence-electron chi connectivity index (χ2n) is 1.81. The number of carbonyl (C=O) groups excluding carboxylic acids is 1. The van der Waals surface area contributed by atoms with Crippen LogP contribution in [0.5, 0.6) is 0 Å². The molecule has 0 spiro atoms. The van der Waals surface area contributed by atoms with Gasteiger partial charge in [0, 0.05) is 13.3 Å². The predicted octanol–water partition coefficient (Wildman–Crippen LogP) is 0.0228. The molecule has 0 aromatic heterocycles. The molecule has 12 heavy (non-hydrogen) atoms. The third-order valence-electron chi connectivity index (χ3n) is 0.699. The van der Waals surface area contributed by atoms with Gasteiger partial charge in [-0.3, -0.25) is 9.59 Å². The third-order valence-corrected chi connectivity index (χ3v) is 0.699. The quantitative estimate of drug-likeness (QED) is 0.595. The molecule has 0 radical (unpaired) electrons. The fourth-order valence-electron chi connectivity index (χ4n) is 0.189. The van der Waals surface area contributed by atoms with Crippen molar-refractivity contribution in [3.05, 3.63) is 0 Å². The first-order valence-corrected chi connectivity index (χ1v) is 3.50. The van der Waals surface area contributed by atoms with E-state index < -0.39 is 5.97 Å². The van der Waals surface area contributed by atoms with Gasteiger partial charge in [0.25, 0.3) is 0 Å². The molecular weight excluding hydrogens is 164 g/mol. The maximum absolute atomic E-state index is 9.87. The summed E-state index contributed by atoms with van der Waals surface area (Å²) in [5.74, 6) is -1.10. The first kappa shape index (κ1) is 13.5. The standard InChI is InChI=1S/C4H8O3.C3H6O2/c1-4(6)7-3-2-5;1-2-3(4)5/h5H,2-3H2,1H3;2H2,1H3,(H,4,5). The molecular formula is C7H14O5. The van der Waals surface area contributed by atoms with Gasteiger partial charge in [-0.05, 0) is 0 Å². The Labute approximate surface area is 71.0 Å². The molecule has 2 N–H and O–H groups in total. The van der Waals surface area contributed by atoms with Crippen molar-refractivity contribution in [1.82, 2.24) is 0 Å². The lowest BCUT2D eigenvalue weighted by atomic mass is 10.5. The van der Waals surface area contributed by atoms with Crippen LogP contribution in [-0.4, -0.2) is 35.4 Å². The van der Waals surface area contributed by atoms with Gasteiger partial charge in [-0.2, -0.15) is 0 Å². The number of carboxylic acids is 1. The van der Waals surface area contributed by atoms with Crippen molar-refractivity contribution in [1.29, 1.82) is 0 Å². The molecule has 0 fully saturated rings. The fraction of sp³-hybridized carbons (Fsp3) is 0.714. The van der Waals surface area contributed by atoms with Crippen LogP contribution in [0.4, 0.5) is 0 Å². The molecule has 0 bridgehead atoms. The van der Waals surface area contributed by atoms with Crippen LogP contribution in [0.2, 0.25) is 0 Å². The molecule has 0 aliphatic rings. The van der Waals surface area contributed by atoms with E-state index in [2.05, 4.69) is 4.74 Å². The normalized spacial score (nSPS) is 7.92. The molecule has 0 aliphatic heterocycles. The average molecular weight is 178 g/mol. The van der Waals surface area contributed by atoms with Crippen LogP contribution in [0.25, 0.3) is 0 Å². The van der Waals surface area contributed by atoms with E-state index in [4.69, 9.17) is 10.2 Å². The Morgan fingerprint density at radius 1 is 1.42 bits per heavy atom. The molecule has 0 rings (SSSR count). The Hall–Kier alpha value is -1.10. The zero-order valence-corrected chi connectivity index (χ0v) is 7.24. The van der Waals surface area contributed by atoms with E-state index in [9.17, 15) is 9.59 Å². The Morgan fingerprint density at radius 2 is 1.83 bits per heavy atom. The molecule has 0 aromatic rings. The highest BCUT2D eigenvalue weighted by Crippen LogP contribution is 1.71. The van der Waals surface area contributed by atoms with Gasteiger partial charge in [-0.25, -0.2) is 0 Å². The van der Waals surface area contributed by atoms with Crippen LogP contribution in [0.15, 0.2) is 0 Å². The van der Waals surface area contributed by atoms with Crippen molar-refractivity contribution in [3.63, 3.8) is 0 Å². The summed E-state index contributed by atoms with van der Waals surface area (Å²) in [6, 6.07) is 0. The minimum atomic E-state index is -0.745. The van der Waals surface area contributed by atoms with Crippen molar-refractivity contribution in [2.24, 2.45) is 0 Å². The van der Waals surface area contributed by atoms with E-state index in [1.807, 2.05) is 0 Å². The molecule has 5 heteroatoms. The molecule has 0 aromatic carbocycles. The summed E-state index contributed by atoms with van der Waals surface area (Å²) in [7, 11) is 0. The lowest BCUT2D eigenvalue weighted by molar-refractivity contribution is -0.142. The van der Waals surface area contributed by atoms with Crippen LogP contribution in [0.1, 0.15) is 20.3 Å². The maximum Gasteiger partial charge on any atom is 0.303 e. The molecule has 0 saturated heterocycles. The summed E-state index contributed by atoms with van der Waals surface area (Å²) < 4.78 is 4.30. The van der Waals surface area contributed by atoms with Gasteiger partial charge in [-0.1, -0.05) is 6.92 Å². The van der Waals surface area contributed by atoms with E-state index in [0.717, 1.165) is 0 Å². The number of esters is 1. The second-order valence-corrected chi connectivity index (χ2v) is 1.81. The Kier molecular flexibility index (Phi) is 11.1. The highest BCUT2D eigenvalue weighted by atomic mass is 16.5. The van der Waals surface area contributed by atoms with E-state index in [1.165, 1.54) is 6.92 Å². The lowest BCUT2D eigenvalue weighted by Gasteiger charge is -1.93. The van der Waals surface area contributed by atoms with Crippen molar-refractivity contribution in [3.8, 4) is 0 Å². The lowest BCUT2D eigenvalue weighted by Crippen LogP contribution is -2.03. The van der Waals surface area contributed by atoms with Crippen LogP contribution in [0.3, 0.4) is 0 Å². The Morgan fingerprint density at radius 3 is 1.92 bits per heavy atom. The summed E-state index contributed by atoms with van der Waals surface area (Å²) in [4.78, 5) is 19.2. The van der Waals surface area contributed by atoms with Gasteiger partial charge in [0.05, 0.1) is 6.61 Å². The minimum absolute atomic E-state index is 0.0976. The van der Waals surface area contributed by atoms with Gasteiger partial charge in [0.15, 0.2) is 0 Å². The van der Waals surface area contributed by atoms with Crippen LogP contribution < -0.4 is 0 Å². The molecule has 0 amide bonds. The smallest absolute Gasteiger partial charge is 0.303 e. The topological polar surface area (TPSA) is 83.8 Å². The maximum atomic E-state index is 9.87. The van der Waals surface area contributed by atoms with Crippen LogP contribution in [0, 0.1) is 0 Å². The summed E-state index contributed by atoms with van der Waals surface area (Å²) in [5.41, 5.74) is 0. The highest BCUT2D eigenvalue weighted by Gasteiger charge is 1.86. The zero-order valence-electron chi connectivity index (χ0n) is 7.24. The summed E-state index contributed by atoms with van der Waals surface area (Å²) in [6.07, 6.45) is 0.222. The molecule has 5 nitrogen and oxygen atoms in total. The number of carboxylic acid groups (broad SMARTS) is 1. The monoisotopic (exact) mass is 178 g/mol. The van der Waals surface area contributed by atoms with E-state index >= 15 is 0 Å². The van der Waals surface area contributed by atoms with E-state index in [1.54, 1.807) is 6.92 Å². The van der Waals surface area contributed by atoms with E-state index in [0.29, 0.717) is 0 Å². The third kappa shape index (κ3) is 23.1. The molecule has 0 unspecified atom stereocenters. The summed E-state index contributed by atoms with van der Waals surface area (Å²) in [6.45, 7) is 2.91. The predicted molar refractivity (Wildman–Crippen MR) is 41.6 cm³/mol. The van der Waals surface area contributed by atoms with Gasteiger partial charge >= 0.3 is 11.9 Å². The number of carbonyl (C=O) groups is 2. The van der Waals surface area contributed by atoms with Crippen molar-refractivity contribution >= 4 is 11.9 Å². The zero-order chi connectivity index (χ0) is 9.98. The van der Waals surface area contributed by atoms with Crippen molar-refractivity contribution in [2.75, 3.05) is 13.2 Å². The number of hydrogen-bond donors (Lipinski definition) is 2. The van der Waals surface area contributed by atoms with Gasteiger partial charge in [0.1, 0.15) is 6.61 Å². The van der Waals surface area contributed by atoms with Crippen molar-refractivity contribution < 1.29 is 24.5 Å². The Bertz CT molecular complexity index is 132. The van der Waals surface area contributed by atoms with Gasteiger partial charge in [0.2, 0.25) is 0 Å². The van der Waals surface area contributed by atoms with Crippen LogP contribution >= 0.6 is 0 Å². The largest absolute Gasteiger partial charge is 0.481 e. The molecule has 0 aliphatic carbocycles. The SMILES string of the molecule is CC(=O)OCCO.CCC(=O)O. The molecule has 0 saturated carbocycles. The van der Waals surface area contributed by atoms with Gasteiger partial charge < -0.3 is 14.9 Å². The number of hydrogen-bond acceptors (Lipinski definition) is 4. The Balaban J connectivity index is 0. The second kappa shape index (κ2) is 9.90. The average Bonchev–Trinajstić information content (AvgIpc) is 2.02. The van der Waals surface area contributed by atoms with Crippen molar-refractivity contribution in [2.45, 2.75) is 20.3 Å². The number of aliphatic carboxylic acids is 1. The van der Waals surface area contributed by atoms with Crippen LogP contribution in [-0.2, 0) is 14.3 Å². The minimum Gasteiger partial charge on any atom is -0.481 e. The number of aliphatic hydroxyl groups excluding tert-OH is 1. The number of aliphatic hydroxyl groups is 1. The molecule has 0 heterocycles. The van der Waals surface area contributed by atoms with Gasteiger partial charge in [-0.15, -0.1) is 0 Å². The number of rotatable bonds is 3. The first-order valence-electron chi connectivity index (χ1n) is 3.50. The first-order chi connectivity index (χ1) is 5.54. The van der Waals surface area contributed by atoms with E-state index in [-0.39, 0.29) is 25.6 Å². The summed E-state index contributed by atoms with van der Waals surface area (Å²) in [5, 5.41) is 15.8. The molecule has 0 atom stereocenters. The highest BCUT2D eigenvalue weighted by molar-refractivity contribution is 5.66.